The summed E-state index contributed by atoms with van der Waals surface area (Å²) in [6, 6.07) is 6.43. The number of hydrogen-bond donors (Lipinski definition) is 0. The van der Waals surface area contributed by atoms with Crippen molar-refractivity contribution in [2.45, 2.75) is 6.54 Å². The lowest BCUT2D eigenvalue weighted by Gasteiger charge is -2.12. The van der Waals surface area contributed by atoms with Crippen LogP contribution in [0.2, 0.25) is 0 Å². The Morgan fingerprint density at radius 1 is 1.21 bits per heavy atom. The smallest absolute Gasteiger partial charge is 0.373 e. The second-order valence-electron chi connectivity index (χ2n) is 5.76. The van der Waals surface area contributed by atoms with Gasteiger partial charge in [0.05, 0.1) is 32.8 Å². The zero-order chi connectivity index (χ0) is 21.1. The molecule has 1 saturated heterocycles. The van der Waals surface area contributed by atoms with Gasteiger partial charge in [-0.25, -0.2) is 4.79 Å². The molecule has 29 heavy (non-hydrogen) atoms. The van der Waals surface area contributed by atoms with Crippen molar-refractivity contribution < 1.29 is 33.0 Å². The van der Waals surface area contributed by atoms with Gasteiger partial charge in [-0.15, -0.1) is 0 Å². The average molecular weight is 482 g/mol. The number of carbonyl (C=O) groups excluding carboxylic acids is 3. The number of ether oxygens (including phenoxy) is 3. The van der Waals surface area contributed by atoms with Crippen molar-refractivity contribution in [2.24, 2.45) is 0 Å². The summed E-state index contributed by atoms with van der Waals surface area (Å²) >= 11 is 4.19. The van der Waals surface area contributed by atoms with Gasteiger partial charge in [0.1, 0.15) is 5.76 Å². The summed E-state index contributed by atoms with van der Waals surface area (Å²) in [5, 5.41) is -0.446. The summed E-state index contributed by atoms with van der Waals surface area (Å²) in [7, 11) is 4.23. The van der Waals surface area contributed by atoms with Gasteiger partial charge in [0.2, 0.25) is 5.76 Å². The Kier molecular flexibility index (Phi) is 6.33. The van der Waals surface area contributed by atoms with Crippen LogP contribution in [0.3, 0.4) is 0 Å². The maximum absolute atomic E-state index is 12.8. The fraction of sp³-hybridized carbons (Fsp3) is 0.211. The van der Waals surface area contributed by atoms with Gasteiger partial charge in [0.25, 0.3) is 11.1 Å². The van der Waals surface area contributed by atoms with E-state index in [9.17, 15) is 14.4 Å². The first-order valence-electron chi connectivity index (χ1n) is 8.21. The number of thioether (sulfide) groups is 1. The van der Waals surface area contributed by atoms with Crippen LogP contribution in [0.15, 0.2) is 38.1 Å². The number of halogens is 1. The predicted molar refractivity (Wildman–Crippen MR) is 109 cm³/mol. The molecule has 1 aromatic carbocycles. The number of methoxy groups -OCH3 is 3. The quantitative estimate of drug-likeness (QED) is 0.449. The molecule has 2 aromatic rings. The second-order valence-corrected chi connectivity index (χ2v) is 7.66. The molecule has 0 spiro atoms. The Balaban J connectivity index is 1.86. The van der Waals surface area contributed by atoms with Crippen molar-refractivity contribution in [1.29, 1.82) is 0 Å². The van der Waals surface area contributed by atoms with E-state index < -0.39 is 17.1 Å². The van der Waals surface area contributed by atoms with Crippen molar-refractivity contribution in [1.82, 2.24) is 4.90 Å². The zero-order valence-corrected chi connectivity index (χ0v) is 18.1. The molecule has 152 valence electrons. The maximum Gasteiger partial charge on any atom is 0.373 e. The minimum Gasteiger partial charge on any atom is -0.493 e. The van der Waals surface area contributed by atoms with Gasteiger partial charge in [0, 0.05) is 10.0 Å². The van der Waals surface area contributed by atoms with E-state index in [1.54, 1.807) is 18.2 Å². The fourth-order valence-corrected chi connectivity index (χ4v) is 3.96. The standard InChI is InChI=1S/C19H16BrNO7S/c1-25-14-8-11(20)6-10(16(14)26-2)7-15-17(22)21(19(24)29-15)9-12-4-5-13(28-12)18(23)27-3/h4-8H,9H2,1-3H3/b15-7+. The van der Waals surface area contributed by atoms with Gasteiger partial charge >= 0.3 is 5.97 Å². The van der Waals surface area contributed by atoms with Crippen molar-refractivity contribution >= 4 is 50.9 Å². The number of esters is 1. The fourth-order valence-electron chi connectivity index (χ4n) is 2.67. The third-order valence-corrected chi connectivity index (χ3v) is 5.36. The summed E-state index contributed by atoms with van der Waals surface area (Å²) in [6.45, 7) is -0.0993. The Morgan fingerprint density at radius 3 is 2.62 bits per heavy atom. The SMILES string of the molecule is COC(=O)c1ccc(CN2C(=O)S/C(=C/c3cc(Br)cc(OC)c3OC)C2=O)o1. The van der Waals surface area contributed by atoms with Crippen LogP contribution in [0.4, 0.5) is 4.79 Å². The van der Waals surface area contributed by atoms with Crippen molar-refractivity contribution in [3.05, 3.63) is 50.7 Å². The van der Waals surface area contributed by atoms with Crippen molar-refractivity contribution in [3.63, 3.8) is 0 Å². The minimum absolute atomic E-state index is 0.00372. The van der Waals surface area contributed by atoms with E-state index in [1.807, 2.05) is 0 Å². The molecule has 1 aromatic heterocycles. The second kappa shape index (κ2) is 8.75. The van der Waals surface area contributed by atoms with Crippen LogP contribution in [0.5, 0.6) is 11.5 Å². The molecule has 0 saturated carbocycles. The maximum atomic E-state index is 12.8. The molecule has 1 fully saturated rings. The molecular formula is C19H16BrNO7S. The molecule has 8 nitrogen and oxygen atoms in total. The van der Waals surface area contributed by atoms with Crippen LogP contribution in [-0.2, 0) is 16.1 Å². The normalized spacial score (nSPS) is 15.2. The lowest BCUT2D eigenvalue weighted by atomic mass is 10.1. The topological polar surface area (TPSA) is 95.3 Å². The predicted octanol–water partition coefficient (Wildman–Crippen LogP) is 4.08. The lowest BCUT2D eigenvalue weighted by Crippen LogP contribution is -2.27. The summed E-state index contributed by atoms with van der Waals surface area (Å²) in [4.78, 5) is 37.9. The first kappa shape index (κ1) is 21.0. The van der Waals surface area contributed by atoms with Gasteiger partial charge in [-0.3, -0.25) is 14.5 Å². The number of carbonyl (C=O) groups is 3. The van der Waals surface area contributed by atoms with E-state index in [0.717, 1.165) is 21.1 Å². The molecule has 0 radical (unpaired) electrons. The number of benzene rings is 1. The van der Waals surface area contributed by atoms with E-state index in [4.69, 9.17) is 13.9 Å². The molecule has 2 heterocycles. The Hall–Kier alpha value is -2.72. The molecule has 1 aliphatic heterocycles. The number of furan rings is 1. The summed E-state index contributed by atoms with van der Waals surface area (Å²) in [5.74, 6) is 0.0964. The highest BCUT2D eigenvalue weighted by molar-refractivity contribution is 9.10. The van der Waals surface area contributed by atoms with Crippen LogP contribution < -0.4 is 9.47 Å². The van der Waals surface area contributed by atoms with Gasteiger partial charge in [-0.05, 0) is 42.1 Å². The Bertz CT molecular complexity index is 1010. The molecule has 0 aliphatic carbocycles. The molecule has 3 rings (SSSR count). The van der Waals surface area contributed by atoms with Crippen LogP contribution in [0, 0.1) is 0 Å². The van der Waals surface area contributed by atoms with Gasteiger partial charge < -0.3 is 18.6 Å². The van der Waals surface area contributed by atoms with Gasteiger partial charge in [0.15, 0.2) is 11.5 Å². The zero-order valence-electron chi connectivity index (χ0n) is 15.7. The molecule has 0 bridgehead atoms. The Labute approximate surface area is 178 Å². The van der Waals surface area contributed by atoms with Crippen LogP contribution >= 0.6 is 27.7 Å². The van der Waals surface area contributed by atoms with E-state index in [2.05, 4.69) is 20.7 Å². The number of hydrogen-bond acceptors (Lipinski definition) is 8. The highest BCUT2D eigenvalue weighted by atomic mass is 79.9. The summed E-state index contributed by atoms with van der Waals surface area (Å²) < 4.78 is 21.3. The average Bonchev–Trinajstić information content (AvgIpc) is 3.27. The third kappa shape index (κ3) is 4.33. The van der Waals surface area contributed by atoms with E-state index >= 15 is 0 Å². The number of nitrogens with zero attached hydrogens (tertiary/aromatic N) is 1. The summed E-state index contributed by atoms with van der Waals surface area (Å²) in [6.07, 6.45) is 1.57. The van der Waals surface area contributed by atoms with Crippen molar-refractivity contribution in [3.8, 4) is 11.5 Å². The molecule has 0 N–H and O–H groups in total. The first-order chi connectivity index (χ1) is 13.9. The largest absolute Gasteiger partial charge is 0.493 e. The molecule has 2 amide bonds. The molecule has 0 atom stereocenters. The van der Waals surface area contributed by atoms with E-state index in [1.165, 1.54) is 33.5 Å². The van der Waals surface area contributed by atoms with Crippen LogP contribution in [0.25, 0.3) is 6.08 Å². The van der Waals surface area contributed by atoms with Gasteiger partial charge in [-0.1, -0.05) is 15.9 Å². The van der Waals surface area contributed by atoms with Crippen LogP contribution in [0.1, 0.15) is 21.9 Å². The molecule has 10 heteroatoms. The van der Waals surface area contributed by atoms with E-state index in [-0.39, 0.29) is 23.0 Å². The monoisotopic (exact) mass is 481 g/mol. The molecule has 1 aliphatic rings. The van der Waals surface area contributed by atoms with Crippen molar-refractivity contribution in [2.75, 3.05) is 21.3 Å². The number of amides is 2. The minimum atomic E-state index is -0.638. The lowest BCUT2D eigenvalue weighted by molar-refractivity contribution is -0.123. The highest BCUT2D eigenvalue weighted by Crippen LogP contribution is 2.39. The Morgan fingerprint density at radius 2 is 1.97 bits per heavy atom. The highest BCUT2D eigenvalue weighted by Gasteiger charge is 2.36. The molecular weight excluding hydrogens is 466 g/mol. The first-order valence-corrected chi connectivity index (χ1v) is 9.82. The molecule has 0 unspecified atom stereocenters. The number of imide groups is 1. The van der Waals surface area contributed by atoms with E-state index in [0.29, 0.717) is 17.1 Å². The number of rotatable bonds is 6. The summed E-state index contributed by atoms with van der Waals surface area (Å²) in [5.41, 5.74) is 0.579. The van der Waals surface area contributed by atoms with Gasteiger partial charge in [-0.2, -0.15) is 0 Å². The third-order valence-electron chi connectivity index (χ3n) is 3.99. The van der Waals surface area contributed by atoms with Crippen LogP contribution in [-0.4, -0.2) is 43.3 Å².